The van der Waals surface area contributed by atoms with Gasteiger partial charge in [0.05, 0.1) is 23.6 Å². The Morgan fingerprint density at radius 3 is 2.70 bits per heavy atom. The van der Waals surface area contributed by atoms with Crippen molar-refractivity contribution in [3.8, 4) is 11.5 Å². The fourth-order valence-electron chi connectivity index (χ4n) is 2.34. The summed E-state index contributed by atoms with van der Waals surface area (Å²) >= 11 is 0. The minimum Gasteiger partial charge on any atom is -0.508 e. The van der Waals surface area contributed by atoms with E-state index in [9.17, 15) is 15.0 Å². The number of nitrogens with one attached hydrogen (secondary N) is 2. The molecule has 7 nitrogen and oxygen atoms in total. The van der Waals surface area contributed by atoms with E-state index in [-0.39, 0.29) is 23.0 Å². The highest BCUT2D eigenvalue weighted by Gasteiger charge is 2.17. The van der Waals surface area contributed by atoms with E-state index < -0.39 is 5.91 Å². The average molecular weight is 312 g/mol. The Hall–Kier alpha value is -3.09. The smallest absolute Gasteiger partial charge is 0.259 e. The molecule has 0 saturated carbocycles. The zero-order chi connectivity index (χ0) is 16.6. The molecule has 0 fully saturated rings. The van der Waals surface area contributed by atoms with Crippen LogP contribution in [0.4, 0.5) is 5.69 Å². The van der Waals surface area contributed by atoms with Gasteiger partial charge >= 0.3 is 0 Å². The molecule has 118 valence electrons. The third kappa shape index (κ3) is 2.80. The van der Waals surface area contributed by atoms with Gasteiger partial charge in [0.2, 0.25) is 0 Å². The molecule has 23 heavy (non-hydrogen) atoms. The predicted octanol–water partition coefficient (Wildman–Crippen LogP) is 2.74. The monoisotopic (exact) mass is 312 g/mol. The maximum atomic E-state index is 12.4. The van der Waals surface area contributed by atoms with Crippen molar-refractivity contribution in [1.82, 2.24) is 15.2 Å². The fourth-order valence-corrected chi connectivity index (χ4v) is 2.34. The van der Waals surface area contributed by atoms with Gasteiger partial charge in [-0.2, -0.15) is 5.10 Å². The van der Waals surface area contributed by atoms with Gasteiger partial charge in [-0.15, -0.1) is 0 Å². The number of anilines is 1. The highest BCUT2D eigenvalue weighted by Crippen LogP contribution is 2.32. The van der Waals surface area contributed by atoms with E-state index >= 15 is 0 Å². The minimum absolute atomic E-state index is 0.0195. The molecular formula is C16H16N4O3. The summed E-state index contributed by atoms with van der Waals surface area (Å²) in [5, 5.41) is 29.8. The van der Waals surface area contributed by atoms with Crippen LogP contribution in [0.15, 0.2) is 30.6 Å². The third-order valence-electron chi connectivity index (χ3n) is 3.56. The first-order chi connectivity index (χ1) is 11.0. The number of aromatic amines is 1. The number of H-pyrrole nitrogens is 1. The molecule has 1 aromatic carbocycles. The fraction of sp³-hybridized carbons (Fsp3) is 0.188. The summed E-state index contributed by atoms with van der Waals surface area (Å²) in [6.45, 7) is 3.79. The van der Waals surface area contributed by atoms with Crippen molar-refractivity contribution in [3.63, 3.8) is 0 Å². The number of nitrogens with zero attached hydrogens (tertiary/aromatic N) is 2. The molecule has 0 atom stereocenters. The maximum Gasteiger partial charge on any atom is 0.259 e. The topological polar surface area (TPSA) is 111 Å². The standard InChI is InChI=1S/C16H16N4O3/c1-8(2)11-4-12(14(22)5-13(11)21)16(23)19-10-3-9-6-18-20-15(9)17-7-10/h3-8,21-22H,1-2H3,(H,19,23)(H,17,18,20). The van der Waals surface area contributed by atoms with Crippen LogP contribution in [0.25, 0.3) is 11.0 Å². The molecule has 2 heterocycles. The van der Waals surface area contributed by atoms with Crippen LogP contribution >= 0.6 is 0 Å². The Labute approximate surface area is 132 Å². The van der Waals surface area contributed by atoms with Crippen LogP contribution in [-0.2, 0) is 0 Å². The number of pyridine rings is 1. The van der Waals surface area contributed by atoms with Gasteiger partial charge in [0, 0.05) is 11.5 Å². The Bertz CT molecular complexity index is 886. The molecule has 0 aliphatic rings. The average Bonchev–Trinajstić information content (AvgIpc) is 2.94. The van der Waals surface area contributed by atoms with E-state index in [1.807, 2.05) is 13.8 Å². The molecule has 1 amide bonds. The molecule has 0 bridgehead atoms. The summed E-state index contributed by atoms with van der Waals surface area (Å²) in [6, 6.07) is 4.40. The van der Waals surface area contributed by atoms with E-state index in [0.717, 1.165) is 5.39 Å². The normalized spacial score (nSPS) is 11.1. The first kappa shape index (κ1) is 14.8. The van der Waals surface area contributed by atoms with Crippen molar-refractivity contribution in [2.45, 2.75) is 19.8 Å². The van der Waals surface area contributed by atoms with Crippen LogP contribution in [0.3, 0.4) is 0 Å². The molecule has 2 aromatic heterocycles. The molecule has 4 N–H and O–H groups in total. The van der Waals surface area contributed by atoms with E-state index in [1.54, 1.807) is 12.3 Å². The molecule has 0 aliphatic heterocycles. The van der Waals surface area contributed by atoms with Gasteiger partial charge in [0.1, 0.15) is 11.5 Å². The first-order valence-corrected chi connectivity index (χ1v) is 7.12. The Morgan fingerprint density at radius 2 is 1.96 bits per heavy atom. The zero-order valence-electron chi connectivity index (χ0n) is 12.7. The summed E-state index contributed by atoms with van der Waals surface area (Å²) in [6.07, 6.45) is 3.10. The SMILES string of the molecule is CC(C)c1cc(C(=O)Nc2cnc3[nH]ncc3c2)c(O)cc1O. The lowest BCUT2D eigenvalue weighted by molar-refractivity contribution is 0.102. The lowest BCUT2D eigenvalue weighted by atomic mass is 9.98. The maximum absolute atomic E-state index is 12.4. The summed E-state index contributed by atoms with van der Waals surface area (Å²) in [4.78, 5) is 16.5. The van der Waals surface area contributed by atoms with Gasteiger partial charge in [-0.25, -0.2) is 4.98 Å². The van der Waals surface area contributed by atoms with Crippen LogP contribution in [-0.4, -0.2) is 31.3 Å². The number of aromatic hydroxyl groups is 2. The molecule has 3 rings (SSSR count). The summed E-state index contributed by atoms with van der Waals surface area (Å²) in [7, 11) is 0. The van der Waals surface area contributed by atoms with Crippen molar-refractivity contribution in [3.05, 3.63) is 41.7 Å². The van der Waals surface area contributed by atoms with Crippen LogP contribution < -0.4 is 5.32 Å². The highest BCUT2D eigenvalue weighted by molar-refractivity contribution is 6.06. The number of fused-ring (bicyclic) bond motifs is 1. The second-order valence-corrected chi connectivity index (χ2v) is 5.57. The van der Waals surface area contributed by atoms with E-state index in [2.05, 4.69) is 20.5 Å². The van der Waals surface area contributed by atoms with E-state index in [0.29, 0.717) is 16.9 Å². The summed E-state index contributed by atoms with van der Waals surface area (Å²) < 4.78 is 0. The molecule has 0 unspecified atom stereocenters. The molecule has 3 aromatic rings. The molecular weight excluding hydrogens is 296 g/mol. The van der Waals surface area contributed by atoms with Gasteiger partial charge in [0.15, 0.2) is 5.65 Å². The van der Waals surface area contributed by atoms with Gasteiger partial charge in [-0.1, -0.05) is 13.8 Å². The van der Waals surface area contributed by atoms with Gasteiger partial charge in [0.25, 0.3) is 5.91 Å². The lowest BCUT2D eigenvalue weighted by Crippen LogP contribution is -2.13. The molecule has 0 aliphatic carbocycles. The second kappa shape index (κ2) is 5.60. The number of benzene rings is 1. The zero-order valence-corrected chi connectivity index (χ0v) is 12.7. The van der Waals surface area contributed by atoms with Crippen LogP contribution in [0.1, 0.15) is 35.7 Å². The van der Waals surface area contributed by atoms with Crippen molar-refractivity contribution >= 4 is 22.6 Å². The van der Waals surface area contributed by atoms with Crippen molar-refractivity contribution in [1.29, 1.82) is 0 Å². The molecule has 0 saturated heterocycles. The third-order valence-corrected chi connectivity index (χ3v) is 3.56. The van der Waals surface area contributed by atoms with Crippen LogP contribution in [0.5, 0.6) is 11.5 Å². The first-order valence-electron chi connectivity index (χ1n) is 7.12. The predicted molar refractivity (Wildman–Crippen MR) is 85.7 cm³/mol. The molecule has 7 heteroatoms. The number of carbonyl (C=O) groups is 1. The number of amides is 1. The summed E-state index contributed by atoms with van der Waals surface area (Å²) in [5.41, 5.74) is 1.80. The van der Waals surface area contributed by atoms with Crippen LogP contribution in [0.2, 0.25) is 0 Å². The quantitative estimate of drug-likeness (QED) is 0.594. The van der Waals surface area contributed by atoms with Crippen molar-refractivity contribution in [2.75, 3.05) is 5.32 Å². The lowest BCUT2D eigenvalue weighted by Gasteiger charge is -2.12. The Morgan fingerprint density at radius 1 is 1.17 bits per heavy atom. The van der Waals surface area contributed by atoms with Gasteiger partial charge < -0.3 is 15.5 Å². The number of aromatic nitrogens is 3. The number of phenolic OH excluding ortho intramolecular Hbond substituents is 2. The molecule has 0 radical (unpaired) electrons. The van der Waals surface area contributed by atoms with Gasteiger partial charge in [-0.05, 0) is 23.6 Å². The largest absolute Gasteiger partial charge is 0.508 e. The number of hydrogen-bond donors (Lipinski definition) is 4. The van der Waals surface area contributed by atoms with Crippen molar-refractivity contribution in [2.24, 2.45) is 0 Å². The number of carbonyl (C=O) groups excluding carboxylic acids is 1. The number of rotatable bonds is 3. The highest BCUT2D eigenvalue weighted by atomic mass is 16.3. The van der Waals surface area contributed by atoms with Crippen molar-refractivity contribution < 1.29 is 15.0 Å². The second-order valence-electron chi connectivity index (χ2n) is 5.57. The number of phenols is 2. The number of hydrogen-bond acceptors (Lipinski definition) is 5. The van der Waals surface area contributed by atoms with Gasteiger partial charge in [-0.3, -0.25) is 9.89 Å². The van der Waals surface area contributed by atoms with E-state index in [1.165, 1.54) is 18.3 Å². The summed E-state index contributed by atoms with van der Waals surface area (Å²) in [5.74, 6) is -0.766. The minimum atomic E-state index is -0.478. The Kier molecular flexibility index (Phi) is 3.61. The van der Waals surface area contributed by atoms with E-state index in [4.69, 9.17) is 0 Å². The molecule has 0 spiro atoms. The Balaban J connectivity index is 1.92. The van der Waals surface area contributed by atoms with Crippen LogP contribution in [0, 0.1) is 0 Å².